The Morgan fingerprint density at radius 3 is 2.00 bits per heavy atom. The van der Waals surface area contributed by atoms with Crippen LogP contribution in [-0.4, -0.2) is 9.91 Å². The molecule has 0 atom stereocenters. The first-order valence-electron chi connectivity index (χ1n) is 7.92. The van der Waals surface area contributed by atoms with Crippen LogP contribution in [0.2, 0.25) is 0 Å². The van der Waals surface area contributed by atoms with Crippen molar-refractivity contribution < 1.29 is 4.92 Å². The number of nitro groups is 1. The summed E-state index contributed by atoms with van der Waals surface area (Å²) >= 11 is 0. The first-order valence-corrected chi connectivity index (χ1v) is 7.92. The van der Waals surface area contributed by atoms with E-state index in [0.717, 1.165) is 11.1 Å². The maximum Gasteiger partial charge on any atom is 0.310 e. The van der Waals surface area contributed by atoms with Gasteiger partial charge >= 0.3 is 5.69 Å². The smallest absolute Gasteiger partial charge is 0.310 e. The molecule has 1 heterocycles. The largest absolute Gasteiger partial charge is 0.375 e. The Morgan fingerprint density at radius 2 is 1.44 bits per heavy atom. The van der Waals surface area contributed by atoms with Crippen LogP contribution in [0.1, 0.15) is 11.1 Å². The molecule has 6 nitrogen and oxygen atoms in total. The number of hydrogen-bond acceptors (Lipinski definition) is 5. The molecule has 0 saturated heterocycles. The average Bonchev–Trinajstić information content (AvgIpc) is 2.66. The van der Waals surface area contributed by atoms with Crippen molar-refractivity contribution in [3.8, 4) is 0 Å². The Hall–Kier alpha value is -3.41. The van der Waals surface area contributed by atoms with E-state index in [0.29, 0.717) is 24.6 Å². The van der Waals surface area contributed by atoms with Crippen LogP contribution in [0.25, 0.3) is 0 Å². The Kier molecular flexibility index (Phi) is 5.21. The molecule has 6 heteroatoms. The first kappa shape index (κ1) is 16.4. The molecule has 0 fully saturated rings. The summed E-state index contributed by atoms with van der Waals surface area (Å²) in [6, 6.07) is 21.3. The number of anilines is 2. The molecule has 0 unspecified atom stereocenters. The summed E-state index contributed by atoms with van der Waals surface area (Å²) in [5.41, 5.74) is 2.56. The molecule has 0 saturated carbocycles. The van der Waals surface area contributed by atoms with Gasteiger partial charge in [0.15, 0.2) is 0 Å². The van der Waals surface area contributed by atoms with Crippen LogP contribution in [0.3, 0.4) is 0 Å². The monoisotopic (exact) mass is 334 g/mol. The van der Waals surface area contributed by atoms with Crippen molar-refractivity contribution in [2.45, 2.75) is 13.1 Å². The first-order chi connectivity index (χ1) is 12.2. The van der Waals surface area contributed by atoms with Gasteiger partial charge in [0.05, 0.1) is 4.92 Å². The fourth-order valence-corrected chi connectivity index (χ4v) is 2.41. The maximum absolute atomic E-state index is 11.2. The van der Waals surface area contributed by atoms with Crippen molar-refractivity contribution in [2.24, 2.45) is 0 Å². The van der Waals surface area contributed by atoms with Gasteiger partial charge in [-0.1, -0.05) is 60.7 Å². The van der Waals surface area contributed by atoms with Gasteiger partial charge in [0, 0.05) is 19.2 Å². The van der Waals surface area contributed by atoms with Crippen molar-refractivity contribution >= 4 is 17.2 Å². The molecule has 0 aliphatic carbocycles. The zero-order valence-electron chi connectivity index (χ0n) is 13.6. The van der Waals surface area contributed by atoms with Gasteiger partial charge in [-0.3, -0.25) is 10.1 Å². The van der Waals surface area contributed by atoms with E-state index in [-0.39, 0.29) is 5.69 Å². The van der Waals surface area contributed by atoms with Gasteiger partial charge in [-0.25, -0.2) is 4.98 Å². The number of nitrogens with zero attached hydrogens (tertiary/aromatic N) is 2. The third-order valence-electron chi connectivity index (χ3n) is 3.72. The standard InChI is InChI=1S/C19H18N4O2/c24-23(25)18-14-22-19(21-13-16-9-5-2-6-10-16)11-17(18)20-12-15-7-3-1-4-8-15/h1-11,14H,12-13H2,(H2,20,21,22). The lowest BCUT2D eigenvalue weighted by Crippen LogP contribution is -2.06. The van der Waals surface area contributed by atoms with E-state index < -0.39 is 4.92 Å². The molecule has 0 spiro atoms. The highest BCUT2D eigenvalue weighted by Gasteiger charge is 2.15. The third kappa shape index (κ3) is 4.54. The zero-order chi connectivity index (χ0) is 17.5. The summed E-state index contributed by atoms with van der Waals surface area (Å²) in [5.74, 6) is 0.588. The molecule has 0 aliphatic heterocycles. The summed E-state index contributed by atoms with van der Waals surface area (Å²) in [6.45, 7) is 1.10. The van der Waals surface area contributed by atoms with Gasteiger partial charge in [-0.05, 0) is 11.1 Å². The average molecular weight is 334 g/mol. The summed E-state index contributed by atoms with van der Waals surface area (Å²) in [7, 11) is 0. The number of pyridine rings is 1. The predicted molar refractivity (Wildman–Crippen MR) is 98.4 cm³/mol. The molecule has 2 N–H and O–H groups in total. The number of aromatic nitrogens is 1. The number of rotatable bonds is 7. The van der Waals surface area contributed by atoms with Crippen LogP contribution in [-0.2, 0) is 13.1 Å². The molecule has 0 bridgehead atoms. The molecule has 0 amide bonds. The number of benzene rings is 2. The normalized spacial score (nSPS) is 10.2. The minimum absolute atomic E-state index is 0.0406. The molecule has 0 radical (unpaired) electrons. The van der Waals surface area contributed by atoms with Crippen LogP contribution >= 0.6 is 0 Å². The lowest BCUT2D eigenvalue weighted by Gasteiger charge is -2.10. The van der Waals surface area contributed by atoms with Gasteiger partial charge in [0.2, 0.25) is 0 Å². The fourth-order valence-electron chi connectivity index (χ4n) is 2.41. The van der Waals surface area contributed by atoms with Crippen LogP contribution < -0.4 is 10.6 Å². The predicted octanol–water partition coefficient (Wildman–Crippen LogP) is 4.21. The Balaban J connectivity index is 1.73. The number of hydrogen-bond donors (Lipinski definition) is 2. The second-order valence-corrected chi connectivity index (χ2v) is 5.52. The van der Waals surface area contributed by atoms with Crippen LogP contribution in [0.4, 0.5) is 17.2 Å². The topological polar surface area (TPSA) is 80.1 Å². The zero-order valence-corrected chi connectivity index (χ0v) is 13.6. The van der Waals surface area contributed by atoms with Gasteiger partial charge in [-0.2, -0.15) is 0 Å². The molecule has 1 aromatic heterocycles. The molecular weight excluding hydrogens is 316 g/mol. The van der Waals surface area contributed by atoms with Gasteiger partial charge in [-0.15, -0.1) is 0 Å². The van der Waals surface area contributed by atoms with Gasteiger partial charge in [0.25, 0.3) is 0 Å². The van der Waals surface area contributed by atoms with E-state index in [2.05, 4.69) is 15.6 Å². The van der Waals surface area contributed by atoms with Crippen LogP contribution in [0, 0.1) is 10.1 Å². The number of nitrogens with one attached hydrogen (secondary N) is 2. The summed E-state index contributed by atoms with van der Waals surface area (Å²) in [6.07, 6.45) is 1.28. The molecule has 0 aliphatic rings. The van der Waals surface area contributed by atoms with Gasteiger partial charge < -0.3 is 10.6 Å². The second-order valence-electron chi connectivity index (χ2n) is 5.52. The van der Waals surface area contributed by atoms with Crippen molar-refractivity contribution in [3.05, 3.63) is 94.2 Å². The van der Waals surface area contributed by atoms with E-state index in [1.807, 2.05) is 60.7 Å². The molecule has 126 valence electrons. The Labute approximate surface area is 145 Å². The summed E-state index contributed by atoms with van der Waals surface area (Å²) in [5, 5.41) is 17.5. The second kappa shape index (κ2) is 7.92. The lowest BCUT2D eigenvalue weighted by molar-refractivity contribution is -0.384. The summed E-state index contributed by atoms with van der Waals surface area (Å²) in [4.78, 5) is 14.9. The minimum Gasteiger partial charge on any atom is -0.375 e. The summed E-state index contributed by atoms with van der Waals surface area (Å²) < 4.78 is 0. The van der Waals surface area contributed by atoms with E-state index in [4.69, 9.17) is 0 Å². The minimum atomic E-state index is -0.429. The molecule has 2 aromatic carbocycles. The Morgan fingerprint density at radius 1 is 0.880 bits per heavy atom. The fraction of sp³-hybridized carbons (Fsp3) is 0.105. The van der Waals surface area contributed by atoms with Crippen LogP contribution in [0.15, 0.2) is 72.9 Å². The highest BCUT2D eigenvalue weighted by Crippen LogP contribution is 2.26. The van der Waals surface area contributed by atoms with Crippen molar-refractivity contribution in [1.29, 1.82) is 0 Å². The molecule has 3 aromatic rings. The van der Waals surface area contributed by atoms with E-state index in [1.54, 1.807) is 6.07 Å². The highest BCUT2D eigenvalue weighted by atomic mass is 16.6. The lowest BCUT2D eigenvalue weighted by atomic mass is 10.2. The SMILES string of the molecule is O=[N+]([O-])c1cnc(NCc2ccccc2)cc1NCc1ccccc1. The molecular formula is C19H18N4O2. The van der Waals surface area contributed by atoms with Crippen molar-refractivity contribution in [2.75, 3.05) is 10.6 Å². The van der Waals surface area contributed by atoms with Crippen molar-refractivity contribution in [3.63, 3.8) is 0 Å². The van der Waals surface area contributed by atoms with Crippen molar-refractivity contribution in [1.82, 2.24) is 4.98 Å². The van der Waals surface area contributed by atoms with Gasteiger partial charge in [0.1, 0.15) is 17.7 Å². The maximum atomic E-state index is 11.2. The van der Waals surface area contributed by atoms with Crippen LogP contribution in [0.5, 0.6) is 0 Å². The van der Waals surface area contributed by atoms with E-state index in [9.17, 15) is 10.1 Å². The quantitative estimate of drug-likeness (QED) is 0.499. The van der Waals surface area contributed by atoms with E-state index >= 15 is 0 Å². The molecule has 25 heavy (non-hydrogen) atoms. The highest BCUT2D eigenvalue weighted by molar-refractivity contribution is 5.65. The third-order valence-corrected chi connectivity index (χ3v) is 3.72. The van der Waals surface area contributed by atoms with E-state index in [1.165, 1.54) is 6.20 Å². The molecule has 3 rings (SSSR count). The Bertz CT molecular complexity index is 839.